The highest BCUT2D eigenvalue weighted by atomic mass is 16.5. The van der Waals surface area contributed by atoms with Crippen molar-refractivity contribution < 1.29 is 4.74 Å². The molecule has 0 bridgehead atoms. The Bertz CT molecular complexity index is 400. The average Bonchev–Trinajstić information content (AvgIpc) is 2.49. The van der Waals surface area contributed by atoms with Crippen LogP contribution in [0.25, 0.3) is 0 Å². The minimum absolute atomic E-state index is 0.357. The Morgan fingerprint density at radius 1 is 1.25 bits per heavy atom. The van der Waals surface area contributed by atoms with Gasteiger partial charge in [-0.2, -0.15) is 0 Å². The fourth-order valence-electron chi connectivity index (χ4n) is 2.21. The van der Waals surface area contributed by atoms with Gasteiger partial charge in [-0.1, -0.05) is 26.0 Å². The first-order valence-corrected chi connectivity index (χ1v) is 7.59. The lowest BCUT2D eigenvalue weighted by Crippen LogP contribution is -2.24. The number of hydrogen-bond donors (Lipinski definition) is 0. The molecule has 0 saturated carbocycles. The fraction of sp³-hybridized carbons (Fsp3) is 0.588. The Hall–Kier alpha value is -1.35. The molecule has 1 atom stereocenters. The lowest BCUT2D eigenvalue weighted by atomic mass is 10.1. The van der Waals surface area contributed by atoms with E-state index in [9.17, 15) is 0 Å². The number of benzene rings is 1. The normalized spacial score (nSPS) is 13.1. The Morgan fingerprint density at radius 2 is 1.95 bits per heavy atom. The van der Waals surface area contributed by atoms with Crippen molar-refractivity contribution in [3.8, 4) is 5.75 Å². The van der Waals surface area contributed by atoms with Gasteiger partial charge in [-0.3, -0.25) is 4.99 Å². The Labute approximate surface area is 123 Å². The van der Waals surface area contributed by atoms with Crippen LogP contribution in [0.4, 0.5) is 0 Å². The molecule has 112 valence electrons. The molecule has 0 N–H and O–H groups in total. The van der Waals surface area contributed by atoms with E-state index in [-0.39, 0.29) is 0 Å². The zero-order valence-electron chi connectivity index (χ0n) is 13.3. The summed E-state index contributed by atoms with van der Waals surface area (Å²) < 4.78 is 5.32. The van der Waals surface area contributed by atoms with Gasteiger partial charge in [0.25, 0.3) is 0 Å². The summed E-state index contributed by atoms with van der Waals surface area (Å²) in [4.78, 5) is 7.08. The number of hydrogen-bond acceptors (Lipinski definition) is 3. The van der Waals surface area contributed by atoms with Gasteiger partial charge in [0.15, 0.2) is 0 Å². The van der Waals surface area contributed by atoms with Gasteiger partial charge in [0.1, 0.15) is 5.75 Å². The molecular weight excluding hydrogens is 248 g/mol. The van der Waals surface area contributed by atoms with Gasteiger partial charge in [-0.15, -0.1) is 0 Å². The van der Waals surface area contributed by atoms with Crippen LogP contribution in [-0.4, -0.2) is 43.9 Å². The Morgan fingerprint density at radius 3 is 2.60 bits per heavy atom. The van der Waals surface area contributed by atoms with E-state index in [0.29, 0.717) is 6.04 Å². The van der Waals surface area contributed by atoms with Gasteiger partial charge in [0.2, 0.25) is 0 Å². The third-order valence-electron chi connectivity index (χ3n) is 3.60. The molecule has 0 radical (unpaired) electrons. The predicted octanol–water partition coefficient (Wildman–Crippen LogP) is 3.62. The van der Waals surface area contributed by atoms with Crippen molar-refractivity contribution in [2.45, 2.75) is 39.7 Å². The molecular formula is C17H28N2O. The molecule has 0 fully saturated rings. The molecule has 1 aromatic rings. The fourth-order valence-corrected chi connectivity index (χ4v) is 2.21. The molecule has 1 unspecified atom stereocenters. The van der Waals surface area contributed by atoms with Crippen LogP contribution in [0.15, 0.2) is 29.3 Å². The molecule has 0 aromatic heterocycles. The van der Waals surface area contributed by atoms with Gasteiger partial charge in [0, 0.05) is 17.8 Å². The zero-order valence-corrected chi connectivity index (χ0v) is 13.3. The molecule has 0 aliphatic carbocycles. The van der Waals surface area contributed by atoms with Gasteiger partial charge < -0.3 is 9.64 Å². The van der Waals surface area contributed by atoms with Crippen molar-refractivity contribution in [3.05, 3.63) is 29.8 Å². The van der Waals surface area contributed by atoms with Crippen molar-refractivity contribution in [2.75, 3.05) is 26.7 Å². The molecule has 3 nitrogen and oxygen atoms in total. The average molecular weight is 276 g/mol. The monoisotopic (exact) mass is 276 g/mol. The van der Waals surface area contributed by atoms with E-state index >= 15 is 0 Å². The first kappa shape index (κ1) is 16.7. The smallest absolute Gasteiger partial charge is 0.127 e. The number of ether oxygens (including phenoxy) is 1. The number of methoxy groups -OCH3 is 1. The molecule has 0 aliphatic rings. The van der Waals surface area contributed by atoms with Gasteiger partial charge in [-0.25, -0.2) is 0 Å². The van der Waals surface area contributed by atoms with Crippen LogP contribution in [0.5, 0.6) is 5.75 Å². The Balaban J connectivity index is 2.41. The number of nitrogens with zero attached hydrogens (tertiary/aromatic N) is 2. The summed E-state index contributed by atoms with van der Waals surface area (Å²) >= 11 is 0. The molecule has 1 aromatic carbocycles. The van der Waals surface area contributed by atoms with E-state index in [0.717, 1.165) is 30.8 Å². The molecule has 0 spiro atoms. The molecule has 20 heavy (non-hydrogen) atoms. The summed E-state index contributed by atoms with van der Waals surface area (Å²) in [5, 5.41) is 0. The lowest BCUT2D eigenvalue weighted by molar-refractivity contribution is 0.294. The minimum Gasteiger partial charge on any atom is -0.496 e. The van der Waals surface area contributed by atoms with Crippen LogP contribution in [0.1, 0.15) is 39.2 Å². The predicted molar refractivity (Wildman–Crippen MR) is 87.1 cm³/mol. The standard InChI is InChI=1S/C17H28N2O/c1-5-19(6-2)13-9-10-15(3)18-14-16-11-7-8-12-17(16)20-4/h7-8,11-12,14-15H,5-6,9-10,13H2,1-4H3. The van der Waals surface area contributed by atoms with Gasteiger partial charge in [-0.05, 0) is 51.5 Å². The van der Waals surface area contributed by atoms with Crippen LogP contribution >= 0.6 is 0 Å². The number of rotatable bonds is 9. The van der Waals surface area contributed by atoms with Crippen LogP contribution in [0.2, 0.25) is 0 Å². The van der Waals surface area contributed by atoms with Crippen molar-refractivity contribution in [2.24, 2.45) is 4.99 Å². The maximum atomic E-state index is 5.32. The van der Waals surface area contributed by atoms with Crippen LogP contribution in [0, 0.1) is 0 Å². The van der Waals surface area contributed by atoms with Crippen molar-refractivity contribution in [3.63, 3.8) is 0 Å². The first-order valence-electron chi connectivity index (χ1n) is 7.59. The quantitative estimate of drug-likeness (QED) is 0.643. The topological polar surface area (TPSA) is 24.8 Å². The van der Waals surface area contributed by atoms with Gasteiger partial charge in [0.05, 0.1) is 7.11 Å². The summed E-state index contributed by atoms with van der Waals surface area (Å²) in [5.41, 5.74) is 1.05. The molecule has 1 rings (SSSR count). The van der Waals surface area contributed by atoms with Crippen molar-refractivity contribution in [1.82, 2.24) is 4.90 Å². The third-order valence-corrected chi connectivity index (χ3v) is 3.60. The second kappa shape index (κ2) is 9.54. The maximum Gasteiger partial charge on any atom is 0.127 e. The van der Waals surface area contributed by atoms with Crippen LogP contribution < -0.4 is 4.74 Å². The van der Waals surface area contributed by atoms with E-state index in [1.165, 1.54) is 13.0 Å². The van der Waals surface area contributed by atoms with Gasteiger partial charge >= 0.3 is 0 Å². The largest absolute Gasteiger partial charge is 0.496 e. The third kappa shape index (κ3) is 5.74. The van der Waals surface area contributed by atoms with E-state index in [1.807, 2.05) is 30.5 Å². The summed E-state index contributed by atoms with van der Waals surface area (Å²) in [6.07, 6.45) is 4.26. The number of aliphatic imine (C=N–C) groups is 1. The number of para-hydroxylation sites is 1. The van der Waals surface area contributed by atoms with Crippen molar-refractivity contribution >= 4 is 6.21 Å². The summed E-state index contributed by atoms with van der Waals surface area (Å²) in [5.74, 6) is 0.881. The molecule has 0 saturated heterocycles. The second-order valence-corrected chi connectivity index (χ2v) is 5.04. The molecule has 0 heterocycles. The lowest BCUT2D eigenvalue weighted by Gasteiger charge is -2.18. The highest BCUT2D eigenvalue weighted by molar-refractivity contribution is 5.83. The highest BCUT2D eigenvalue weighted by Gasteiger charge is 2.03. The summed E-state index contributed by atoms with van der Waals surface area (Å²) in [7, 11) is 1.69. The van der Waals surface area contributed by atoms with Crippen molar-refractivity contribution in [1.29, 1.82) is 0 Å². The first-order chi connectivity index (χ1) is 9.71. The van der Waals surface area contributed by atoms with Crippen LogP contribution in [-0.2, 0) is 0 Å². The maximum absolute atomic E-state index is 5.32. The zero-order chi connectivity index (χ0) is 14.8. The van der Waals surface area contributed by atoms with Crippen LogP contribution in [0.3, 0.4) is 0 Å². The highest BCUT2D eigenvalue weighted by Crippen LogP contribution is 2.15. The SMILES string of the molecule is CCN(CC)CCCC(C)N=Cc1ccccc1OC. The molecule has 0 aliphatic heterocycles. The molecule has 3 heteroatoms. The van der Waals surface area contributed by atoms with E-state index in [1.54, 1.807) is 7.11 Å². The summed E-state index contributed by atoms with van der Waals surface area (Å²) in [6, 6.07) is 8.34. The van der Waals surface area contributed by atoms with E-state index in [2.05, 4.69) is 30.7 Å². The van der Waals surface area contributed by atoms with E-state index < -0.39 is 0 Å². The second-order valence-electron chi connectivity index (χ2n) is 5.04. The minimum atomic E-state index is 0.357. The molecule has 0 amide bonds. The van der Waals surface area contributed by atoms with E-state index in [4.69, 9.17) is 4.74 Å². The Kier molecular flexibility index (Phi) is 7.97. The summed E-state index contributed by atoms with van der Waals surface area (Å²) in [6.45, 7) is 10.0.